The molecule has 0 saturated heterocycles. The monoisotopic (exact) mass is 375 g/mol. The van der Waals surface area contributed by atoms with Gasteiger partial charge in [0, 0.05) is 15.9 Å². The second-order valence-corrected chi connectivity index (χ2v) is 6.78. The van der Waals surface area contributed by atoms with Crippen LogP contribution in [0.15, 0.2) is 59.1 Å². The number of halogens is 1. The molecule has 0 bridgehead atoms. The lowest BCUT2D eigenvalue weighted by molar-refractivity contribution is -0.113. The van der Waals surface area contributed by atoms with Gasteiger partial charge >= 0.3 is 0 Å². The van der Waals surface area contributed by atoms with Crippen molar-refractivity contribution in [3.63, 3.8) is 0 Å². The maximum absolute atomic E-state index is 11.9. The van der Waals surface area contributed by atoms with Crippen LogP contribution in [0.3, 0.4) is 0 Å². The van der Waals surface area contributed by atoms with Crippen LogP contribution in [0.2, 0.25) is 0 Å². The number of amides is 1. The normalized spacial score (nSPS) is 10.8. The molecule has 114 valence electrons. The predicted molar refractivity (Wildman–Crippen MR) is 100 cm³/mol. The van der Waals surface area contributed by atoms with Gasteiger partial charge in [-0.25, -0.2) is 0 Å². The van der Waals surface area contributed by atoms with Crippen LogP contribution in [-0.2, 0) is 4.79 Å². The van der Waals surface area contributed by atoms with Crippen molar-refractivity contribution in [3.05, 3.63) is 70.2 Å². The van der Waals surface area contributed by atoms with E-state index in [9.17, 15) is 4.79 Å². The van der Waals surface area contributed by atoms with E-state index in [1.54, 1.807) is 11.8 Å². The summed E-state index contributed by atoms with van der Waals surface area (Å²) >= 11 is 5.02. The van der Waals surface area contributed by atoms with Crippen molar-refractivity contribution in [1.82, 2.24) is 0 Å². The van der Waals surface area contributed by atoms with Crippen molar-refractivity contribution in [1.29, 1.82) is 0 Å². The van der Waals surface area contributed by atoms with Gasteiger partial charge in [0.1, 0.15) is 0 Å². The van der Waals surface area contributed by atoms with Crippen molar-refractivity contribution >= 4 is 45.4 Å². The van der Waals surface area contributed by atoms with Gasteiger partial charge in [-0.05, 0) is 36.2 Å². The summed E-state index contributed by atoms with van der Waals surface area (Å²) in [5.41, 5.74) is 3.10. The summed E-state index contributed by atoms with van der Waals surface area (Å²) < 4.78 is 1.02. The highest BCUT2D eigenvalue weighted by atomic mass is 79.9. The Balaban J connectivity index is 1.73. The first-order valence-electron chi connectivity index (χ1n) is 7.00. The Morgan fingerprint density at radius 1 is 1.23 bits per heavy atom. The van der Waals surface area contributed by atoms with E-state index in [0.717, 1.165) is 21.5 Å². The zero-order chi connectivity index (χ0) is 15.8. The van der Waals surface area contributed by atoms with Gasteiger partial charge in [0.25, 0.3) is 0 Å². The van der Waals surface area contributed by atoms with E-state index in [4.69, 9.17) is 0 Å². The number of thioether (sulfide) groups is 1. The second kappa shape index (κ2) is 8.81. The van der Waals surface area contributed by atoms with Gasteiger partial charge in [-0.3, -0.25) is 4.79 Å². The summed E-state index contributed by atoms with van der Waals surface area (Å²) in [6.45, 7) is 1.98. The van der Waals surface area contributed by atoms with E-state index in [2.05, 4.69) is 45.5 Å². The van der Waals surface area contributed by atoms with Crippen LogP contribution in [0.5, 0.6) is 0 Å². The molecule has 0 spiro atoms. The van der Waals surface area contributed by atoms with Crippen molar-refractivity contribution in [3.8, 4) is 0 Å². The van der Waals surface area contributed by atoms with Crippen molar-refractivity contribution < 1.29 is 4.79 Å². The molecule has 2 aromatic rings. The van der Waals surface area contributed by atoms with Gasteiger partial charge in [0.05, 0.1) is 5.75 Å². The van der Waals surface area contributed by atoms with Crippen molar-refractivity contribution in [2.45, 2.75) is 6.92 Å². The average molecular weight is 376 g/mol. The summed E-state index contributed by atoms with van der Waals surface area (Å²) in [4.78, 5) is 11.9. The third-order valence-electron chi connectivity index (χ3n) is 3.02. The number of carbonyl (C=O) groups is 1. The first kappa shape index (κ1) is 16.8. The molecule has 0 aliphatic carbocycles. The molecule has 0 aliphatic rings. The smallest absolute Gasteiger partial charge is 0.234 e. The van der Waals surface area contributed by atoms with E-state index in [1.165, 1.54) is 5.56 Å². The Kier molecular flexibility index (Phi) is 6.74. The molecule has 22 heavy (non-hydrogen) atoms. The maximum atomic E-state index is 11.9. The molecule has 2 aromatic carbocycles. The fourth-order valence-corrected chi connectivity index (χ4v) is 3.00. The molecule has 0 unspecified atom stereocenters. The van der Waals surface area contributed by atoms with E-state index in [1.807, 2.05) is 43.3 Å². The lowest BCUT2D eigenvalue weighted by Gasteiger charge is -2.08. The molecule has 2 nitrogen and oxygen atoms in total. The van der Waals surface area contributed by atoms with E-state index in [-0.39, 0.29) is 5.91 Å². The standard InChI is InChI=1S/C18H18BrNOS/c1-14-12-16(19)9-10-17(14)20-18(21)13-22-11-5-8-15-6-3-2-4-7-15/h2-10,12H,11,13H2,1H3,(H,20,21)/b8-5+. The minimum Gasteiger partial charge on any atom is -0.325 e. The summed E-state index contributed by atoms with van der Waals surface area (Å²) in [5, 5.41) is 2.94. The summed E-state index contributed by atoms with van der Waals surface area (Å²) in [6, 6.07) is 16.0. The van der Waals surface area contributed by atoms with Crippen LogP contribution >= 0.6 is 27.7 Å². The lowest BCUT2D eigenvalue weighted by Crippen LogP contribution is -2.15. The largest absolute Gasteiger partial charge is 0.325 e. The number of anilines is 1. The molecular weight excluding hydrogens is 358 g/mol. The van der Waals surface area contributed by atoms with Crippen molar-refractivity contribution in [2.75, 3.05) is 16.8 Å². The number of benzene rings is 2. The number of hydrogen-bond donors (Lipinski definition) is 1. The van der Waals surface area contributed by atoms with Crippen LogP contribution in [0.1, 0.15) is 11.1 Å². The quantitative estimate of drug-likeness (QED) is 0.707. The fourth-order valence-electron chi connectivity index (χ4n) is 1.92. The average Bonchev–Trinajstić information content (AvgIpc) is 2.51. The van der Waals surface area contributed by atoms with Gasteiger partial charge in [-0.2, -0.15) is 0 Å². The number of carbonyl (C=O) groups excluding carboxylic acids is 1. The highest BCUT2D eigenvalue weighted by Crippen LogP contribution is 2.20. The van der Waals surface area contributed by atoms with E-state index >= 15 is 0 Å². The molecule has 0 aromatic heterocycles. The minimum atomic E-state index is 0.0310. The third-order valence-corrected chi connectivity index (χ3v) is 4.41. The number of hydrogen-bond acceptors (Lipinski definition) is 2. The topological polar surface area (TPSA) is 29.1 Å². The molecular formula is C18H18BrNOS. The Labute approximate surface area is 144 Å². The van der Waals surface area contributed by atoms with Gasteiger partial charge in [0.15, 0.2) is 0 Å². The zero-order valence-corrected chi connectivity index (χ0v) is 14.8. The number of nitrogens with one attached hydrogen (secondary N) is 1. The molecule has 4 heteroatoms. The minimum absolute atomic E-state index is 0.0310. The molecule has 1 N–H and O–H groups in total. The van der Waals surface area contributed by atoms with Gasteiger partial charge in [0.2, 0.25) is 5.91 Å². The van der Waals surface area contributed by atoms with Crippen LogP contribution in [0, 0.1) is 6.92 Å². The molecule has 1 amide bonds. The molecule has 0 radical (unpaired) electrons. The molecule has 0 aliphatic heterocycles. The molecule has 0 atom stereocenters. The SMILES string of the molecule is Cc1cc(Br)ccc1NC(=O)CSC/C=C/c1ccccc1. The zero-order valence-electron chi connectivity index (χ0n) is 12.4. The highest BCUT2D eigenvalue weighted by molar-refractivity contribution is 9.10. The summed E-state index contributed by atoms with van der Waals surface area (Å²) in [6.07, 6.45) is 4.15. The van der Waals surface area contributed by atoms with Crippen LogP contribution in [0.25, 0.3) is 6.08 Å². The fraction of sp³-hybridized carbons (Fsp3) is 0.167. The third kappa shape index (κ3) is 5.70. The maximum Gasteiger partial charge on any atom is 0.234 e. The summed E-state index contributed by atoms with van der Waals surface area (Å²) in [5.74, 6) is 1.31. The second-order valence-electron chi connectivity index (χ2n) is 4.84. The van der Waals surface area contributed by atoms with Crippen molar-refractivity contribution in [2.24, 2.45) is 0 Å². The molecule has 0 saturated carbocycles. The van der Waals surface area contributed by atoms with Gasteiger partial charge in [-0.15, -0.1) is 11.8 Å². The summed E-state index contributed by atoms with van der Waals surface area (Å²) in [7, 11) is 0. The highest BCUT2D eigenvalue weighted by Gasteiger charge is 2.04. The predicted octanol–water partition coefficient (Wildman–Crippen LogP) is 5.14. The lowest BCUT2D eigenvalue weighted by atomic mass is 10.2. The first-order valence-corrected chi connectivity index (χ1v) is 8.95. The number of rotatable bonds is 6. The van der Waals surface area contributed by atoms with E-state index in [0.29, 0.717) is 5.75 Å². The number of aryl methyl sites for hydroxylation is 1. The van der Waals surface area contributed by atoms with Gasteiger partial charge in [-0.1, -0.05) is 58.4 Å². The van der Waals surface area contributed by atoms with Crippen LogP contribution in [0.4, 0.5) is 5.69 Å². The molecule has 0 heterocycles. The van der Waals surface area contributed by atoms with Crippen LogP contribution in [-0.4, -0.2) is 17.4 Å². The Morgan fingerprint density at radius 2 is 2.00 bits per heavy atom. The Bertz CT molecular complexity index is 655. The van der Waals surface area contributed by atoms with E-state index < -0.39 is 0 Å². The Morgan fingerprint density at radius 3 is 2.73 bits per heavy atom. The first-order chi connectivity index (χ1) is 10.6. The Hall–Kier alpha value is -1.52. The molecule has 2 rings (SSSR count). The van der Waals surface area contributed by atoms with Crippen LogP contribution < -0.4 is 5.32 Å². The van der Waals surface area contributed by atoms with Gasteiger partial charge < -0.3 is 5.32 Å². The molecule has 0 fully saturated rings.